The molecule has 0 saturated carbocycles. The molecule has 1 N–H and O–H groups in total. The number of benzene rings is 1. The molecule has 0 fully saturated rings. The molecule has 1 aromatic heterocycles. The van der Waals surface area contributed by atoms with Crippen LogP contribution in [-0.4, -0.2) is 4.98 Å². The largest absolute Gasteiger partial charge is 0.372 e. The first-order valence-corrected chi connectivity index (χ1v) is 6.40. The number of thiazole rings is 1. The molecule has 20 heavy (non-hydrogen) atoms. The third-order valence-corrected chi connectivity index (χ3v) is 3.44. The second-order valence-corrected chi connectivity index (χ2v) is 5.16. The highest BCUT2D eigenvalue weighted by Crippen LogP contribution is 2.30. The van der Waals surface area contributed by atoms with E-state index in [1.807, 2.05) is 0 Å². The monoisotopic (exact) mass is 308 g/mol. The Hall–Kier alpha value is -1.70. The Morgan fingerprint density at radius 2 is 1.50 bits per heavy atom. The minimum atomic E-state index is -2.18. The van der Waals surface area contributed by atoms with Gasteiger partial charge in [0.1, 0.15) is 5.69 Å². The van der Waals surface area contributed by atoms with Gasteiger partial charge in [0.2, 0.25) is 5.82 Å². The molecular formula is C12H9F5N2S. The lowest BCUT2D eigenvalue weighted by Gasteiger charge is -2.15. The zero-order chi connectivity index (χ0) is 15.0. The number of halogens is 5. The SMILES string of the molecule is Cc1nc(C(C)Nc2c(F)c(F)c(F)c(F)c2F)cs1. The van der Waals surface area contributed by atoms with E-state index >= 15 is 0 Å². The van der Waals surface area contributed by atoms with Crippen molar-refractivity contribution in [3.63, 3.8) is 0 Å². The number of hydrogen-bond acceptors (Lipinski definition) is 3. The molecule has 1 aromatic carbocycles. The average molecular weight is 308 g/mol. The molecule has 2 rings (SSSR count). The molecular weight excluding hydrogens is 299 g/mol. The topological polar surface area (TPSA) is 24.9 Å². The van der Waals surface area contributed by atoms with Gasteiger partial charge in [-0.05, 0) is 13.8 Å². The lowest BCUT2D eigenvalue weighted by molar-refractivity contribution is 0.381. The fourth-order valence-electron chi connectivity index (χ4n) is 1.60. The van der Waals surface area contributed by atoms with Crippen LogP contribution in [-0.2, 0) is 0 Å². The third kappa shape index (κ3) is 2.47. The molecule has 1 unspecified atom stereocenters. The highest BCUT2D eigenvalue weighted by molar-refractivity contribution is 7.09. The van der Waals surface area contributed by atoms with Gasteiger partial charge in [0, 0.05) is 5.38 Å². The van der Waals surface area contributed by atoms with Crippen molar-refractivity contribution in [2.24, 2.45) is 0 Å². The van der Waals surface area contributed by atoms with E-state index in [4.69, 9.17) is 0 Å². The molecule has 0 saturated heterocycles. The summed E-state index contributed by atoms with van der Waals surface area (Å²) in [6.45, 7) is 3.24. The van der Waals surface area contributed by atoms with Gasteiger partial charge < -0.3 is 5.32 Å². The van der Waals surface area contributed by atoms with Crippen LogP contribution in [0.2, 0.25) is 0 Å². The summed E-state index contributed by atoms with van der Waals surface area (Å²) in [7, 11) is 0. The fraction of sp³-hybridized carbons (Fsp3) is 0.250. The van der Waals surface area contributed by atoms with E-state index in [1.54, 1.807) is 12.3 Å². The quantitative estimate of drug-likeness (QED) is 0.519. The van der Waals surface area contributed by atoms with Crippen molar-refractivity contribution in [1.29, 1.82) is 0 Å². The Labute approximate surface area is 115 Å². The number of rotatable bonds is 3. The van der Waals surface area contributed by atoms with Gasteiger partial charge in [0.25, 0.3) is 0 Å². The molecule has 0 aliphatic carbocycles. The average Bonchev–Trinajstić information content (AvgIpc) is 2.85. The second kappa shape index (κ2) is 5.35. The standard InChI is InChI=1S/C12H9F5N2S/c1-4(6-3-20-5(2)19-6)18-12-10(16)8(14)7(13)9(15)11(12)17/h3-4,18H,1-2H3. The van der Waals surface area contributed by atoms with Crippen LogP contribution in [0.5, 0.6) is 0 Å². The third-order valence-electron chi connectivity index (χ3n) is 2.65. The van der Waals surface area contributed by atoms with Crippen LogP contribution in [0.1, 0.15) is 23.7 Å². The molecule has 2 aromatic rings. The van der Waals surface area contributed by atoms with Gasteiger partial charge in [-0.25, -0.2) is 26.9 Å². The summed E-state index contributed by atoms with van der Waals surface area (Å²) in [5, 5.41) is 4.63. The van der Waals surface area contributed by atoms with Crippen LogP contribution >= 0.6 is 11.3 Å². The summed E-state index contributed by atoms with van der Waals surface area (Å²) >= 11 is 1.31. The predicted octanol–water partition coefficient (Wildman–Crippen LogP) is 4.32. The zero-order valence-corrected chi connectivity index (χ0v) is 11.2. The van der Waals surface area contributed by atoms with Gasteiger partial charge in [-0.3, -0.25) is 0 Å². The molecule has 0 bridgehead atoms. The van der Waals surface area contributed by atoms with Crippen molar-refractivity contribution in [2.45, 2.75) is 19.9 Å². The van der Waals surface area contributed by atoms with Crippen molar-refractivity contribution in [3.05, 3.63) is 45.2 Å². The van der Waals surface area contributed by atoms with Crippen LogP contribution in [0, 0.1) is 36.0 Å². The van der Waals surface area contributed by atoms with Gasteiger partial charge >= 0.3 is 0 Å². The van der Waals surface area contributed by atoms with Crippen LogP contribution in [0.3, 0.4) is 0 Å². The number of nitrogens with one attached hydrogen (secondary N) is 1. The molecule has 108 valence electrons. The molecule has 0 spiro atoms. The summed E-state index contributed by atoms with van der Waals surface area (Å²) < 4.78 is 66.0. The van der Waals surface area contributed by atoms with Crippen molar-refractivity contribution in [3.8, 4) is 0 Å². The van der Waals surface area contributed by atoms with E-state index in [2.05, 4.69) is 10.3 Å². The molecule has 8 heteroatoms. The summed E-state index contributed by atoms with van der Waals surface area (Å²) in [5.41, 5.74) is -0.601. The number of hydrogen-bond donors (Lipinski definition) is 1. The van der Waals surface area contributed by atoms with Gasteiger partial charge in [-0.2, -0.15) is 0 Å². The second-order valence-electron chi connectivity index (χ2n) is 4.10. The lowest BCUT2D eigenvalue weighted by Crippen LogP contribution is -2.13. The fourth-order valence-corrected chi connectivity index (χ4v) is 2.31. The smallest absolute Gasteiger partial charge is 0.200 e. The molecule has 1 heterocycles. The van der Waals surface area contributed by atoms with Crippen LogP contribution in [0.15, 0.2) is 5.38 Å². The van der Waals surface area contributed by atoms with E-state index in [-0.39, 0.29) is 0 Å². The van der Waals surface area contributed by atoms with Crippen LogP contribution in [0.25, 0.3) is 0 Å². The van der Waals surface area contributed by atoms with Crippen molar-refractivity contribution >= 4 is 17.0 Å². The van der Waals surface area contributed by atoms with Crippen molar-refractivity contribution < 1.29 is 22.0 Å². The van der Waals surface area contributed by atoms with E-state index in [0.29, 0.717) is 5.69 Å². The Bertz CT molecular complexity index is 627. The van der Waals surface area contributed by atoms with Crippen molar-refractivity contribution in [2.75, 3.05) is 5.32 Å². The first kappa shape index (κ1) is 14.7. The molecule has 0 radical (unpaired) electrons. The summed E-state index contributed by atoms with van der Waals surface area (Å²) in [6, 6.07) is -0.701. The molecule has 0 aliphatic rings. The first-order chi connectivity index (χ1) is 9.32. The number of anilines is 1. The number of aromatic nitrogens is 1. The summed E-state index contributed by atoms with van der Waals surface area (Å²) in [5.74, 6) is -9.91. The Morgan fingerprint density at radius 3 is 1.95 bits per heavy atom. The van der Waals surface area contributed by atoms with E-state index < -0.39 is 40.8 Å². The van der Waals surface area contributed by atoms with Crippen LogP contribution < -0.4 is 5.32 Å². The van der Waals surface area contributed by atoms with Gasteiger partial charge in [0.15, 0.2) is 23.3 Å². The highest BCUT2D eigenvalue weighted by Gasteiger charge is 2.26. The molecule has 1 atom stereocenters. The minimum Gasteiger partial charge on any atom is -0.372 e. The Morgan fingerprint density at radius 1 is 1.00 bits per heavy atom. The maximum atomic E-state index is 13.5. The Kier molecular flexibility index (Phi) is 3.94. The maximum absolute atomic E-state index is 13.5. The zero-order valence-electron chi connectivity index (χ0n) is 10.4. The maximum Gasteiger partial charge on any atom is 0.200 e. The minimum absolute atomic E-state index is 0.455. The number of aryl methyl sites for hydroxylation is 1. The van der Waals surface area contributed by atoms with E-state index in [9.17, 15) is 22.0 Å². The summed E-state index contributed by atoms with van der Waals surface area (Å²) in [4.78, 5) is 4.08. The van der Waals surface area contributed by atoms with Gasteiger partial charge in [-0.1, -0.05) is 0 Å². The van der Waals surface area contributed by atoms with E-state index in [0.717, 1.165) is 5.01 Å². The number of nitrogens with zero attached hydrogens (tertiary/aromatic N) is 1. The van der Waals surface area contributed by atoms with Gasteiger partial charge in [-0.15, -0.1) is 11.3 Å². The summed E-state index contributed by atoms with van der Waals surface area (Å²) in [6.07, 6.45) is 0. The molecule has 2 nitrogen and oxygen atoms in total. The molecule has 0 amide bonds. The first-order valence-electron chi connectivity index (χ1n) is 5.53. The van der Waals surface area contributed by atoms with E-state index in [1.165, 1.54) is 18.3 Å². The van der Waals surface area contributed by atoms with Gasteiger partial charge in [0.05, 0.1) is 16.7 Å². The van der Waals surface area contributed by atoms with Crippen molar-refractivity contribution in [1.82, 2.24) is 4.98 Å². The molecule has 0 aliphatic heterocycles. The van der Waals surface area contributed by atoms with Crippen LogP contribution in [0.4, 0.5) is 27.6 Å². The normalized spacial score (nSPS) is 12.6. The highest BCUT2D eigenvalue weighted by atomic mass is 32.1. The Balaban J connectivity index is 2.39. The predicted molar refractivity (Wildman–Crippen MR) is 65.1 cm³/mol. The lowest BCUT2D eigenvalue weighted by atomic mass is 10.2.